The summed E-state index contributed by atoms with van der Waals surface area (Å²) >= 11 is 0. The summed E-state index contributed by atoms with van der Waals surface area (Å²) in [6.07, 6.45) is 3.69. The van der Waals surface area contributed by atoms with Crippen molar-refractivity contribution < 1.29 is 18.0 Å². The Hall–Kier alpha value is -2.45. The molecule has 1 unspecified atom stereocenters. The highest BCUT2D eigenvalue weighted by molar-refractivity contribution is 7.89. The average molecular weight is 448 g/mol. The molecule has 0 aliphatic carbocycles. The van der Waals surface area contributed by atoms with Gasteiger partial charge in [-0.1, -0.05) is 63.1 Å². The number of fused-ring (bicyclic) bond motifs is 1. The van der Waals surface area contributed by atoms with Crippen molar-refractivity contribution in [3.05, 3.63) is 42.5 Å². The summed E-state index contributed by atoms with van der Waals surface area (Å²) in [6.45, 7) is 5.08. The molecule has 31 heavy (non-hydrogen) atoms. The van der Waals surface area contributed by atoms with Crippen LogP contribution >= 0.6 is 0 Å². The molecule has 1 atom stereocenters. The lowest BCUT2D eigenvalue weighted by Crippen LogP contribution is -2.47. The first-order chi connectivity index (χ1) is 14.9. The van der Waals surface area contributed by atoms with Gasteiger partial charge in [0, 0.05) is 24.9 Å². The normalized spacial score (nSPS) is 12.5. The molecule has 3 N–H and O–H groups in total. The lowest BCUT2D eigenvalue weighted by molar-refractivity contribution is -0.123. The zero-order valence-corrected chi connectivity index (χ0v) is 19.1. The van der Waals surface area contributed by atoms with Crippen LogP contribution in [0.5, 0.6) is 0 Å². The molecule has 2 aromatic carbocycles. The van der Waals surface area contributed by atoms with Crippen LogP contribution in [-0.2, 0) is 19.6 Å². The molecule has 2 aromatic rings. The van der Waals surface area contributed by atoms with E-state index in [0.717, 1.165) is 31.1 Å². The fourth-order valence-electron chi connectivity index (χ4n) is 3.20. The number of hydrogen-bond donors (Lipinski definition) is 3. The van der Waals surface area contributed by atoms with Gasteiger partial charge in [-0.05, 0) is 30.7 Å². The van der Waals surface area contributed by atoms with Gasteiger partial charge in [0.25, 0.3) is 0 Å². The first kappa shape index (κ1) is 24.8. The maximum Gasteiger partial charge on any atom is 0.241 e. The van der Waals surface area contributed by atoms with Crippen LogP contribution in [0, 0.1) is 0 Å². The highest BCUT2D eigenvalue weighted by atomic mass is 32.2. The topological polar surface area (TPSA) is 104 Å². The molecule has 2 amide bonds. The van der Waals surface area contributed by atoms with E-state index in [1.807, 2.05) is 32.0 Å². The van der Waals surface area contributed by atoms with Crippen molar-refractivity contribution in [2.45, 2.75) is 63.3 Å². The van der Waals surface area contributed by atoms with E-state index in [2.05, 4.69) is 15.4 Å². The number of carbonyl (C=O) groups excluding carboxylic acids is 2. The molecule has 0 aromatic heterocycles. The van der Waals surface area contributed by atoms with E-state index in [-0.39, 0.29) is 23.6 Å². The highest BCUT2D eigenvalue weighted by Gasteiger charge is 2.27. The molecule has 0 saturated carbocycles. The number of benzene rings is 2. The lowest BCUT2D eigenvalue weighted by atomic mass is 10.1. The third kappa shape index (κ3) is 7.63. The van der Waals surface area contributed by atoms with Crippen LogP contribution in [0.2, 0.25) is 0 Å². The summed E-state index contributed by atoms with van der Waals surface area (Å²) in [5.74, 6) is -0.609. The van der Waals surface area contributed by atoms with Crippen LogP contribution in [0.1, 0.15) is 52.4 Å². The summed E-state index contributed by atoms with van der Waals surface area (Å²) in [5.41, 5.74) is 0. The van der Waals surface area contributed by atoms with Gasteiger partial charge in [-0.15, -0.1) is 0 Å². The largest absolute Gasteiger partial charge is 0.356 e. The van der Waals surface area contributed by atoms with Crippen molar-refractivity contribution in [1.29, 1.82) is 0 Å². The van der Waals surface area contributed by atoms with Crippen molar-refractivity contribution in [1.82, 2.24) is 15.4 Å². The van der Waals surface area contributed by atoms with Gasteiger partial charge >= 0.3 is 0 Å². The molecule has 0 saturated heterocycles. The van der Waals surface area contributed by atoms with E-state index in [0.29, 0.717) is 18.5 Å². The van der Waals surface area contributed by atoms with E-state index in [1.165, 1.54) is 6.07 Å². The number of nitrogens with one attached hydrogen (secondary N) is 3. The van der Waals surface area contributed by atoms with Gasteiger partial charge in [0.05, 0.1) is 4.90 Å². The zero-order chi connectivity index (χ0) is 22.7. The minimum Gasteiger partial charge on any atom is -0.356 e. The van der Waals surface area contributed by atoms with Crippen LogP contribution in [0.25, 0.3) is 10.8 Å². The van der Waals surface area contributed by atoms with Gasteiger partial charge in [-0.2, -0.15) is 4.72 Å². The molecule has 0 heterocycles. The minimum absolute atomic E-state index is 0.0631. The average Bonchev–Trinajstić information content (AvgIpc) is 2.76. The van der Waals surface area contributed by atoms with E-state index in [1.54, 1.807) is 18.2 Å². The molecule has 0 radical (unpaired) electrons. The Labute approximate surface area is 185 Å². The Morgan fingerprint density at radius 3 is 2.26 bits per heavy atom. The maximum absolute atomic E-state index is 13.2. The fourth-order valence-corrected chi connectivity index (χ4v) is 4.66. The van der Waals surface area contributed by atoms with Crippen molar-refractivity contribution in [2.75, 3.05) is 13.1 Å². The summed E-state index contributed by atoms with van der Waals surface area (Å²) in [4.78, 5) is 24.9. The monoisotopic (exact) mass is 447 g/mol. The fraction of sp³-hybridized carbons (Fsp3) is 0.478. The molecular weight excluding hydrogens is 414 g/mol. The second-order valence-electron chi connectivity index (χ2n) is 7.54. The number of carbonyl (C=O) groups is 2. The van der Waals surface area contributed by atoms with Gasteiger partial charge in [-0.25, -0.2) is 8.42 Å². The van der Waals surface area contributed by atoms with Crippen molar-refractivity contribution in [3.8, 4) is 0 Å². The van der Waals surface area contributed by atoms with Gasteiger partial charge in [0.2, 0.25) is 21.8 Å². The highest BCUT2D eigenvalue weighted by Crippen LogP contribution is 2.23. The van der Waals surface area contributed by atoms with Crippen molar-refractivity contribution >= 4 is 32.6 Å². The molecule has 170 valence electrons. The Kier molecular flexibility index (Phi) is 9.94. The van der Waals surface area contributed by atoms with Crippen LogP contribution in [-0.4, -0.2) is 39.4 Å². The maximum atomic E-state index is 13.2. The zero-order valence-electron chi connectivity index (χ0n) is 18.3. The van der Waals surface area contributed by atoms with Crippen LogP contribution < -0.4 is 15.4 Å². The van der Waals surface area contributed by atoms with Crippen molar-refractivity contribution in [3.63, 3.8) is 0 Å². The van der Waals surface area contributed by atoms with E-state index in [4.69, 9.17) is 0 Å². The van der Waals surface area contributed by atoms with Crippen LogP contribution in [0.3, 0.4) is 0 Å². The van der Waals surface area contributed by atoms with E-state index in [9.17, 15) is 18.0 Å². The van der Waals surface area contributed by atoms with Gasteiger partial charge < -0.3 is 10.6 Å². The Balaban J connectivity index is 2.17. The third-order valence-corrected chi connectivity index (χ3v) is 6.53. The van der Waals surface area contributed by atoms with Gasteiger partial charge in [-0.3, -0.25) is 9.59 Å². The summed E-state index contributed by atoms with van der Waals surface area (Å²) in [6, 6.07) is 11.2. The molecule has 8 heteroatoms. The summed E-state index contributed by atoms with van der Waals surface area (Å²) in [5, 5.41) is 6.95. The Morgan fingerprint density at radius 1 is 0.903 bits per heavy atom. The molecule has 0 aliphatic heterocycles. The molecule has 0 bridgehead atoms. The minimum atomic E-state index is -3.97. The third-order valence-electron chi connectivity index (χ3n) is 5.00. The predicted molar refractivity (Wildman–Crippen MR) is 123 cm³/mol. The number of sulfonamides is 1. The van der Waals surface area contributed by atoms with Crippen LogP contribution in [0.15, 0.2) is 47.4 Å². The Bertz CT molecular complexity index is 970. The number of unbranched alkanes of at least 4 members (excludes halogenated alkanes) is 2. The smallest absolute Gasteiger partial charge is 0.241 e. The second kappa shape index (κ2) is 12.4. The van der Waals surface area contributed by atoms with E-state index < -0.39 is 22.0 Å². The molecule has 0 spiro atoms. The predicted octanol–water partition coefficient (Wildman–Crippen LogP) is 3.10. The first-order valence-electron chi connectivity index (χ1n) is 10.9. The molecule has 0 aliphatic rings. The number of rotatable bonds is 13. The molecular formula is C23H33N3O4S. The standard InChI is InChI=1S/C23H33N3O4S/c1-3-5-16-24-22(27)15-14-20(23(28)25-17-6-4-2)26-31(29,30)21-13-9-11-18-10-7-8-12-19(18)21/h7-13,20,26H,3-6,14-17H2,1-2H3,(H,24,27)(H,25,28). The molecule has 7 nitrogen and oxygen atoms in total. The number of hydrogen-bond acceptors (Lipinski definition) is 4. The second-order valence-corrected chi connectivity index (χ2v) is 9.22. The first-order valence-corrected chi connectivity index (χ1v) is 12.4. The quantitative estimate of drug-likeness (QED) is 0.410. The molecule has 0 fully saturated rings. The Morgan fingerprint density at radius 2 is 1.55 bits per heavy atom. The van der Waals surface area contributed by atoms with Crippen LogP contribution in [0.4, 0.5) is 0 Å². The SMILES string of the molecule is CCCCNC(=O)CCC(NS(=O)(=O)c1cccc2ccccc12)C(=O)NCCCC. The lowest BCUT2D eigenvalue weighted by Gasteiger charge is -2.19. The van der Waals surface area contributed by atoms with Gasteiger partial charge in [0.15, 0.2) is 0 Å². The van der Waals surface area contributed by atoms with Crippen molar-refractivity contribution in [2.24, 2.45) is 0 Å². The molecule has 2 rings (SSSR count). The van der Waals surface area contributed by atoms with E-state index >= 15 is 0 Å². The van der Waals surface area contributed by atoms with Gasteiger partial charge in [0.1, 0.15) is 6.04 Å². The number of amides is 2. The summed E-state index contributed by atoms with van der Waals surface area (Å²) in [7, 11) is -3.97. The summed E-state index contributed by atoms with van der Waals surface area (Å²) < 4.78 is 28.8.